The number of hydrogen-bond acceptors (Lipinski definition) is 5. The Morgan fingerprint density at radius 1 is 1.61 bits per heavy atom. The molecule has 0 aromatic heterocycles. The van der Waals surface area contributed by atoms with Crippen molar-refractivity contribution in [3.8, 4) is 0 Å². The van der Waals surface area contributed by atoms with Crippen molar-refractivity contribution in [3.05, 3.63) is 34.1 Å². The Balaban J connectivity index is 2.14. The molecule has 1 aliphatic heterocycles. The third kappa shape index (κ3) is 2.57. The van der Waals surface area contributed by atoms with Crippen LogP contribution in [0.25, 0.3) is 0 Å². The number of nitro groups is 1. The predicted octanol–water partition coefficient (Wildman–Crippen LogP) is 1.30. The third-order valence-corrected chi connectivity index (χ3v) is 2.86. The maximum absolute atomic E-state index is 13.3. The first-order valence-electron chi connectivity index (χ1n) is 5.49. The highest BCUT2D eigenvalue weighted by molar-refractivity contribution is 5.62. The van der Waals surface area contributed by atoms with Crippen LogP contribution in [0.4, 0.5) is 15.8 Å². The summed E-state index contributed by atoms with van der Waals surface area (Å²) in [4.78, 5) is 9.97. The van der Waals surface area contributed by atoms with Gasteiger partial charge in [0.1, 0.15) is 11.3 Å². The monoisotopic (exact) mass is 256 g/mol. The van der Waals surface area contributed by atoms with Gasteiger partial charge in [0.25, 0.3) is 0 Å². The number of hydrogen-bond donors (Lipinski definition) is 2. The molecule has 0 bridgehead atoms. The zero-order valence-corrected chi connectivity index (χ0v) is 9.56. The number of benzene rings is 1. The zero-order chi connectivity index (χ0) is 13.2. The molecule has 18 heavy (non-hydrogen) atoms. The average Bonchev–Trinajstić information content (AvgIpc) is 2.73. The molecule has 0 radical (unpaired) electrons. The van der Waals surface area contributed by atoms with E-state index in [0.29, 0.717) is 13.0 Å². The molecule has 0 saturated carbocycles. The number of anilines is 1. The first-order valence-corrected chi connectivity index (χ1v) is 5.49. The number of nitrogens with one attached hydrogen (secondary N) is 1. The van der Waals surface area contributed by atoms with Gasteiger partial charge in [-0.2, -0.15) is 4.39 Å². The van der Waals surface area contributed by atoms with Gasteiger partial charge in [-0.05, 0) is 12.1 Å². The summed E-state index contributed by atoms with van der Waals surface area (Å²) in [7, 11) is 0. The Labute approximate surface area is 103 Å². The number of nitrogens with zero attached hydrogens (tertiary/aromatic N) is 1. The second kappa shape index (κ2) is 4.87. The van der Waals surface area contributed by atoms with Crippen molar-refractivity contribution in [2.24, 2.45) is 0 Å². The van der Waals surface area contributed by atoms with Crippen LogP contribution in [0.5, 0.6) is 0 Å². The molecule has 2 N–H and O–H groups in total. The van der Waals surface area contributed by atoms with E-state index in [1.807, 2.05) is 0 Å². The van der Waals surface area contributed by atoms with Gasteiger partial charge < -0.3 is 15.2 Å². The second-order valence-electron chi connectivity index (χ2n) is 4.27. The Kier molecular flexibility index (Phi) is 3.44. The highest BCUT2D eigenvalue weighted by Gasteiger charge is 2.32. The van der Waals surface area contributed by atoms with Gasteiger partial charge in [0.15, 0.2) is 0 Å². The van der Waals surface area contributed by atoms with Crippen molar-refractivity contribution >= 4 is 11.4 Å². The van der Waals surface area contributed by atoms with Crippen LogP contribution in [0.3, 0.4) is 0 Å². The van der Waals surface area contributed by atoms with Gasteiger partial charge in [-0.25, -0.2) is 0 Å². The first-order chi connectivity index (χ1) is 8.52. The largest absolute Gasteiger partial charge is 0.386 e. The summed E-state index contributed by atoms with van der Waals surface area (Å²) in [6.07, 6.45) is 0.448. The molecule has 0 amide bonds. The van der Waals surface area contributed by atoms with E-state index in [0.717, 1.165) is 6.07 Å². The van der Waals surface area contributed by atoms with Gasteiger partial charge in [-0.15, -0.1) is 0 Å². The Morgan fingerprint density at radius 3 is 3.00 bits per heavy atom. The molecule has 1 aromatic carbocycles. The van der Waals surface area contributed by atoms with Crippen LogP contribution in [0.2, 0.25) is 0 Å². The molecule has 1 fully saturated rings. The number of rotatable bonds is 4. The van der Waals surface area contributed by atoms with Crippen LogP contribution in [0.15, 0.2) is 18.2 Å². The van der Waals surface area contributed by atoms with Crippen LogP contribution < -0.4 is 5.32 Å². The predicted molar refractivity (Wildman–Crippen MR) is 61.9 cm³/mol. The molecule has 98 valence electrons. The van der Waals surface area contributed by atoms with Crippen molar-refractivity contribution in [1.29, 1.82) is 0 Å². The minimum atomic E-state index is -1.06. The Morgan fingerprint density at radius 2 is 2.39 bits per heavy atom. The molecule has 1 saturated heterocycles. The van der Waals surface area contributed by atoms with E-state index in [-0.39, 0.29) is 18.8 Å². The van der Waals surface area contributed by atoms with Crippen molar-refractivity contribution in [2.45, 2.75) is 12.0 Å². The summed E-state index contributed by atoms with van der Waals surface area (Å²) in [6, 6.07) is 3.80. The fraction of sp³-hybridized carbons (Fsp3) is 0.455. The number of nitro benzene ring substituents is 1. The highest BCUT2D eigenvalue weighted by atomic mass is 19.1. The van der Waals surface area contributed by atoms with Gasteiger partial charge in [0.2, 0.25) is 5.82 Å². The standard InChI is InChI=1S/C11H13FN2O4/c12-8-2-1-3-9(10(8)14(16)17)13-6-11(15)4-5-18-7-11/h1-3,13,15H,4-7H2. The molecular weight excluding hydrogens is 243 g/mol. The molecule has 1 aromatic rings. The lowest BCUT2D eigenvalue weighted by atomic mass is 10.0. The molecule has 1 atom stereocenters. The maximum Gasteiger partial charge on any atom is 0.327 e. The SMILES string of the molecule is O=[N+]([O-])c1c(F)cccc1NCC1(O)CCOC1. The molecule has 7 heteroatoms. The minimum Gasteiger partial charge on any atom is -0.386 e. The number of halogens is 1. The lowest BCUT2D eigenvalue weighted by molar-refractivity contribution is -0.386. The lowest BCUT2D eigenvalue weighted by Gasteiger charge is -2.21. The normalized spacial score (nSPS) is 23.0. The summed E-state index contributed by atoms with van der Waals surface area (Å²) in [6.45, 7) is 0.698. The highest BCUT2D eigenvalue weighted by Crippen LogP contribution is 2.28. The van der Waals surface area contributed by atoms with Crippen LogP contribution in [0.1, 0.15) is 6.42 Å². The summed E-state index contributed by atoms with van der Waals surface area (Å²) >= 11 is 0. The second-order valence-corrected chi connectivity index (χ2v) is 4.27. The molecule has 0 aliphatic carbocycles. The summed E-state index contributed by atoms with van der Waals surface area (Å²) < 4.78 is 18.4. The molecule has 0 spiro atoms. The average molecular weight is 256 g/mol. The van der Waals surface area contributed by atoms with E-state index < -0.39 is 22.0 Å². The van der Waals surface area contributed by atoms with Gasteiger partial charge in [-0.3, -0.25) is 10.1 Å². The summed E-state index contributed by atoms with van der Waals surface area (Å²) in [5.41, 5.74) is -1.61. The van der Waals surface area contributed by atoms with Crippen molar-refractivity contribution in [3.63, 3.8) is 0 Å². The Bertz CT molecular complexity index is 460. The quantitative estimate of drug-likeness (QED) is 0.626. The van der Waals surface area contributed by atoms with Crippen molar-refractivity contribution in [1.82, 2.24) is 0 Å². The van der Waals surface area contributed by atoms with Crippen LogP contribution in [0, 0.1) is 15.9 Å². The molecule has 1 unspecified atom stereocenters. The fourth-order valence-electron chi connectivity index (χ4n) is 1.84. The van der Waals surface area contributed by atoms with E-state index >= 15 is 0 Å². The molecule has 1 aliphatic rings. The van der Waals surface area contributed by atoms with Gasteiger partial charge in [0.05, 0.1) is 11.5 Å². The minimum absolute atomic E-state index is 0.0559. The maximum atomic E-state index is 13.3. The number of aliphatic hydroxyl groups is 1. The number of para-hydroxylation sites is 1. The van der Waals surface area contributed by atoms with Crippen molar-refractivity contribution in [2.75, 3.05) is 25.1 Å². The summed E-state index contributed by atoms with van der Waals surface area (Å²) in [5.74, 6) is -0.903. The zero-order valence-electron chi connectivity index (χ0n) is 9.56. The molecule has 2 rings (SSSR count). The van der Waals surface area contributed by atoms with Gasteiger partial charge >= 0.3 is 5.69 Å². The van der Waals surface area contributed by atoms with E-state index in [9.17, 15) is 19.6 Å². The first kappa shape index (κ1) is 12.7. The molecule has 6 nitrogen and oxygen atoms in total. The van der Waals surface area contributed by atoms with E-state index in [2.05, 4.69) is 5.32 Å². The Hall–Kier alpha value is -1.73. The third-order valence-electron chi connectivity index (χ3n) is 2.86. The van der Waals surface area contributed by atoms with Crippen LogP contribution in [-0.4, -0.2) is 35.4 Å². The van der Waals surface area contributed by atoms with Gasteiger partial charge in [0, 0.05) is 19.6 Å². The summed E-state index contributed by atoms with van der Waals surface area (Å²) in [5, 5.41) is 23.5. The molecular formula is C11H13FN2O4. The van der Waals surface area contributed by atoms with E-state index in [4.69, 9.17) is 4.74 Å². The fourth-order valence-corrected chi connectivity index (χ4v) is 1.84. The van der Waals surface area contributed by atoms with Crippen LogP contribution in [-0.2, 0) is 4.74 Å². The van der Waals surface area contributed by atoms with E-state index in [1.54, 1.807) is 0 Å². The van der Waals surface area contributed by atoms with E-state index in [1.165, 1.54) is 12.1 Å². The van der Waals surface area contributed by atoms with Gasteiger partial charge in [-0.1, -0.05) is 6.07 Å². The van der Waals surface area contributed by atoms with Crippen LogP contribution >= 0.6 is 0 Å². The van der Waals surface area contributed by atoms with Crippen molar-refractivity contribution < 1.29 is 19.2 Å². The lowest BCUT2D eigenvalue weighted by Crippen LogP contribution is -2.37. The smallest absolute Gasteiger partial charge is 0.327 e. The number of ether oxygens (including phenoxy) is 1. The molecule has 1 heterocycles. The topological polar surface area (TPSA) is 84.6 Å².